The highest BCUT2D eigenvalue weighted by molar-refractivity contribution is 7.98. The zero-order chi connectivity index (χ0) is 14.5. The molecule has 1 aromatic carbocycles. The number of hydrogen-bond donors (Lipinski definition) is 1. The highest BCUT2D eigenvalue weighted by atomic mass is 32.2. The van der Waals surface area contributed by atoms with E-state index in [0.717, 1.165) is 35.1 Å². The van der Waals surface area contributed by atoms with Gasteiger partial charge in [0, 0.05) is 12.3 Å². The molecule has 0 atom stereocenters. The normalized spacial score (nSPS) is 11.0. The Morgan fingerprint density at radius 2 is 2.15 bits per heavy atom. The van der Waals surface area contributed by atoms with Crippen molar-refractivity contribution in [1.29, 1.82) is 0 Å². The summed E-state index contributed by atoms with van der Waals surface area (Å²) in [4.78, 5) is 0. The van der Waals surface area contributed by atoms with Crippen LogP contribution in [0.25, 0.3) is 0 Å². The van der Waals surface area contributed by atoms with Crippen molar-refractivity contribution in [2.75, 3.05) is 0 Å². The minimum atomic E-state index is -0.205. The molecule has 2 aromatic rings. The lowest BCUT2D eigenvalue weighted by Gasteiger charge is -2.08. The van der Waals surface area contributed by atoms with Crippen LogP contribution in [0.1, 0.15) is 30.3 Å². The molecule has 0 aliphatic rings. The second kappa shape index (κ2) is 6.85. The summed E-state index contributed by atoms with van der Waals surface area (Å²) in [5.74, 6) is 1.27. The molecule has 2 rings (SSSR count). The molecule has 0 aliphatic heterocycles. The Kier molecular flexibility index (Phi) is 5.14. The van der Waals surface area contributed by atoms with Gasteiger partial charge in [-0.05, 0) is 36.6 Å². The molecule has 0 spiro atoms. The summed E-state index contributed by atoms with van der Waals surface area (Å²) in [6.07, 6.45) is 0.998. The molecule has 1 heterocycles. The Bertz CT molecular complexity index is 583. The molecule has 1 aromatic heterocycles. The standard InChI is InChI=1S/C14H19FN4S/c1-3-6-19-13(8-16)17-18-14(19)20-9-11-7-12(15)5-4-10(11)2/h4-5,7H,3,6,8-9,16H2,1-2H3. The monoisotopic (exact) mass is 294 g/mol. The first-order chi connectivity index (χ1) is 9.65. The second-order valence-corrected chi connectivity index (χ2v) is 5.56. The maximum Gasteiger partial charge on any atom is 0.191 e. The molecular weight excluding hydrogens is 275 g/mol. The topological polar surface area (TPSA) is 56.7 Å². The fourth-order valence-corrected chi connectivity index (χ4v) is 3.01. The van der Waals surface area contributed by atoms with E-state index >= 15 is 0 Å². The molecule has 0 bridgehead atoms. The number of rotatable bonds is 6. The molecule has 0 aliphatic carbocycles. The fraction of sp³-hybridized carbons (Fsp3) is 0.429. The minimum Gasteiger partial charge on any atom is -0.324 e. The van der Waals surface area contributed by atoms with E-state index in [1.54, 1.807) is 23.9 Å². The second-order valence-electron chi connectivity index (χ2n) is 4.61. The summed E-state index contributed by atoms with van der Waals surface area (Å²) < 4.78 is 15.3. The molecule has 0 radical (unpaired) electrons. The van der Waals surface area contributed by atoms with E-state index in [1.165, 1.54) is 6.07 Å². The lowest BCUT2D eigenvalue weighted by molar-refractivity contribution is 0.592. The van der Waals surface area contributed by atoms with Gasteiger partial charge in [-0.15, -0.1) is 10.2 Å². The van der Waals surface area contributed by atoms with E-state index in [-0.39, 0.29) is 5.82 Å². The number of nitrogens with two attached hydrogens (primary N) is 1. The number of hydrogen-bond acceptors (Lipinski definition) is 4. The summed E-state index contributed by atoms with van der Waals surface area (Å²) >= 11 is 1.57. The van der Waals surface area contributed by atoms with Crippen LogP contribution in [0, 0.1) is 12.7 Å². The number of benzene rings is 1. The van der Waals surface area contributed by atoms with Crippen molar-refractivity contribution < 1.29 is 4.39 Å². The highest BCUT2D eigenvalue weighted by Crippen LogP contribution is 2.24. The van der Waals surface area contributed by atoms with Gasteiger partial charge in [-0.2, -0.15) is 0 Å². The van der Waals surface area contributed by atoms with Crippen molar-refractivity contribution in [2.24, 2.45) is 5.73 Å². The first-order valence-electron chi connectivity index (χ1n) is 6.65. The maximum absolute atomic E-state index is 13.3. The largest absolute Gasteiger partial charge is 0.324 e. The summed E-state index contributed by atoms with van der Waals surface area (Å²) in [6, 6.07) is 4.86. The highest BCUT2D eigenvalue weighted by Gasteiger charge is 2.11. The number of thioether (sulfide) groups is 1. The Balaban J connectivity index is 2.14. The number of aryl methyl sites for hydroxylation is 1. The Morgan fingerprint density at radius 1 is 1.35 bits per heavy atom. The van der Waals surface area contributed by atoms with E-state index in [1.807, 2.05) is 11.5 Å². The fourth-order valence-electron chi connectivity index (χ4n) is 1.96. The zero-order valence-electron chi connectivity index (χ0n) is 11.8. The van der Waals surface area contributed by atoms with E-state index in [0.29, 0.717) is 12.3 Å². The van der Waals surface area contributed by atoms with E-state index in [4.69, 9.17) is 5.73 Å². The van der Waals surface area contributed by atoms with Crippen molar-refractivity contribution in [1.82, 2.24) is 14.8 Å². The van der Waals surface area contributed by atoms with Gasteiger partial charge in [-0.1, -0.05) is 24.8 Å². The van der Waals surface area contributed by atoms with Crippen LogP contribution in [-0.4, -0.2) is 14.8 Å². The van der Waals surface area contributed by atoms with Gasteiger partial charge in [-0.3, -0.25) is 0 Å². The van der Waals surface area contributed by atoms with Gasteiger partial charge in [0.05, 0.1) is 6.54 Å². The van der Waals surface area contributed by atoms with Crippen LogP contribution in [-0.2, 0) is 18.8 Å². The SMILES string of the molecule is CCCn1c(CN)nnc1SCc1cc(F)ccc1C. The van der Waals surface area contributed by atoms with Crippen molar-refractivity contribution in [3.8, 4) is 0 Å². The van der Waals surface area contributed by atoms with Gasteiger partial charge in [0.25, 0.3) is 0 Å². The minimum absolute atomic E-state index is 0.205. The predicted octanol–water partition coefficient (Wildman–Crippen LogP) is 2.89. The quantitative estimate of drug-likeness (QED) is 0.832. The molecule has 0 saturated carbocycles. The molecule has 4 nitrogen and oxygen atoms in total. The molecule has 108 valence electrons. The summed E-state index contributed by atoms with van der Waals surface area (Å²) in [5.41, 5.74) is 7.73. The molecule has 2 N–H and O–H groups in total. The van der Waals surface area contributed by atoms with Crippen LogP contribution in [0.15, 0.2) is 23.4 Å². The van der Waals surface area contributed by atoms with Crippen molar-refractivity contribution in [2.45, 2.75) is 44.3 Å². The Labute approximate surface area is 122 Å². The van der Waals surface area contributed by atoms with Crippen LogP contribution in [0.2, 0.25) is 0 Å². The van der Waals surface area contributed by atoms with Gasteiger partial charge >= 0.3 is 0 Å². The average molecular weight is 294 g/mol. The summed E-state index contributed by atoms with van der Waals surface area (Å²) in [7, 11) is 0. The van der Waals surface area contributed by atoms with Crippen LogP contribution >= 0.6 is 11.8 Å². The lowest BCUT2D eigenvalue weighted by atomic mass is 10.1. The number of aromatic nitrogens is 3. The molecule has 0 fully saturated rings. The van der Waals surface area contributed by atoms with Gasteiger partial charge in [0.1, 0.15) is 11.6 Å². The number of nitrogens with zero attached hydrogens (tertiary/aromatic N) is 3. The molecule has 0 amide bonds. The van der Waals surface area contributed by atoms with Gasteiger partial charge in [0.15, 0.2) is 5.16 Å². The Morgan fingerprint density at radius 3 is 2.85 bits per heavy atom. The van der Waals surface area contributed by atoms with Crippen molar-refractivity contribution in [3.05, 3.63) is 41.0 Å². The van der Waals surface area contributed by atoms with Crippen molar-refractivity contribution in [3.63, 3.8) is 0 Å². The Hall–Kier alpha value is -1.40. The molecule has 0 saturated heterocycles. The third-order valence-corrected chi connectivity index (χ3v) is 4.11. The van der Waals surface area contributed by atoms with E-state index in [2.05, 4.69) is 17.1 Å². The molecule has 6 heteroatoms. The average Bonchev–Trinajstić information content (AvgIpc) is 2.82. The van der Waals surface area contributed by atoms with E-state index in [9.17, 15) is 4.39 Å². The molecule has 0 unspecified atom stereocenters. The molecule has 20 heavy (non-hydrogen) atoms. The lowest BCUT2D eigenvalue weighted by Crippen LogP contribution is -2.09. The van der Waals surface area contributed by atoms with Gasteiger partial charge < -0.3 is 10.3 Å². The van der Waals surface area contributed by atoms with Gasteiger partial charge in [-0.25, -0.2) is 4.39 Å². The van der Waals surface area contributed by atoms with Crippen molar-refractivity contribution >= 4 is 11.8 Å². The van der Waals surface area contributed by atoms with Crippen LogP contribution in [0.4, 0.5) is 4.39 Å². The summed E-state index contributed by atoms with van der Waals surface area (Å²) in [6.45, 7) is 5.32. The predicted molar refractivity (Wildman–Crippen MR) is 78.9 cm³/mol. The van der Waals surface area contributed by atoms with Crippen LogP contribution < -0.4 is 5.73 Å². The smallest absolute Gasteiger partial charge is 0.191 e. The van der Waals surface area contributed by atoms with Crippen LogP contribution in [0.5, 0.6) is 0 Å². The maximum atomic E-state index is 13.3. The third-order valence-electron chi connectivity index (χ3n) is 3.09. The zero-order valence-corrected chi connectivity index (χ0v) is 12.6. The van der Waals surface area contributed by atoms with Gasteiger partial charge in [0.2, 0.25) is 0 Å². The molecular formula is C14H19FN4S. The first-order valence-corrected chi connectivity index (χ1v) is 7.64. The number of halogens is 1. The van der Waals surface area contributed by atoms with E-state index < -0.39 is 0 Å². The van der Waals surface area contributed by atoms with Crippen LogP contribution in [0.3, 0.4) is 0 Å². The summed E-state index contributed by atoms with van der Waals surface area (Å²) in [5, 5.41) is 9.12. The first kappa shape index (κ1) is 15.0. The third kappa shape index (κ3) is 3.37.